The van der Waals surface area contributed by atoms with Crippen molar-refractivity contribution in [2.45, 2.75) is 25.8 Å². The van der Waals surface area contributed by atoms with Gasteiger partial charge in [-0.2, -0.15) is 5.26 Å². The number of carbonyl (C=O) groups excluding carboxylic acids is 1. The number of amides is 2. The topological polar surface area (TPSA) is 64.9 Å². The second-order valence-corrected chi connectivity index (χ2v) is 3.80. The molecular formula is C14H15N3O. The van der Waals surface area contributed by atoms with Gasteiger partial charge < -0.3 is 10.6 Å². The second kappa shape index (κ2) is 6.98. The van der Waals surface area contributed by atoms with E-state index < -0.39 is 0 Å². The molecule has 0 saturated carbocycles. The molecule has 0 bridgehead atoms. The zero-order valence-corrected chi connectivity index (χ0v) is 10.2. The molecule has 0 fully saturated rings. The summed E-state index contributed by atoms with van der Waals surface area (Å²) < 4.78 is 0. The summed E-state index contributed by atoms with van der Waals surface area (Å²) in [5.74, 6) is 2.52. The molecule has 1 atom stereocenters. The fourth-order valence-electron chi connectivity index (χ4n) is 1.44. The number of hydrogen-bond acceptors (Lipinski definition) is 2. The largest absolute Gasteiger partial charge is 0.324 e. The minimum absolute atomic E-state index is 0.256. The van der Waals surface area contributed by atoms with Crippen molar-refractivity contribution in [3.63, 3.8) is 0 Å². The Morgan fingerprint density at radius 2 is 2.11 bits per heavy atom. The van der Waals surface area contributed by atoms with Crippen molar-refractivity contribution in [1.82, 2.24) is 5.32 Å². The smallest absolute Gasteiger partial charge is 0.320 e. The molecule has 0 heterocycles. The number of hydrogen-bond donors (Lipinski definition) is 2. The lowest BCUT2D eigenvalue weighted by Crippen LogP contribution is -2.36. The van der Waals surface area contributed by atoms with Crippen LogP contribution in [0.15, 0.2) is 24.3 Å². The molecule has 2 N–H and O–H groups in total. The van der Waals surface area contributed by atoms with Crippen LogP contribution in [0, 0.1) is 23.7 Å². The maximum atomic E-state index is 11.6. The molecule has 18 heavy (non-hydrogen) atoms. The van der Waals surface area contributed by atoms with Gasteiger partial charge >= 0.3 is 6.03 Å². The van der Waals surface area contributed by atoms with Crippen LogP contribution in [-0.4, -0.2) is 12.1 Å². The van der Waals surface area contributed by atoms with Crippen LogP contribution in [0.5, 0.6) is 0 Å². The Kier molecular flexibility index (Phi) is 5.28. The van der Waals surface area contributed by atoms with Gasteiger partial charge in [0.25, 0.3) is 0 Å². The van der Waals surface area contributed by atoms with Gasteiger partial charge in [0.15, 0.2) is 0 Å². The van der Waals surface area contributed by atoms with Crippen molar-refractivity contribution >= 4 is 11.7 Å². The normalized spacial score (nSPS) is 10.8. The van der Waals surface area contributed by atoms with E-state index in [1.54, 1.807) is 24.3 Å². The zero-order chi connectivity index (χ0) is 13.4. The van der Waals surface area contributed by atoms with Crippen molar-refractivity contribution in [2.24, 2.45) is 0 Å². The lowest BCUT2D eigenvalue weighted by atomic mass is 10.2. The molecule has 1 unspecified atom stereocenters. The lowest BCUT2D eigenvalue weighted by molar-refractivity contribution is 0.250. The van der Waals surface area contributed by atoms with Gasteiger partial charge in [0.05, 0.1) is 17.7 Å². The summed E-state index contributed by atoms with van der Waals surface area (Å²) in [6, 6.07) is 8.04. The number of carbonyl (C=O) groups is 1. The highest BCUT2D eigenvalue weighted by Crippen LogP contribution is 2.08. The molecule has 4 heteroatoms. The fourth-order valence-corrected chi connectivity index (χ4v) is 1.44. The Labute approximate surface area is 107 Å². The standard InChI is InChI=1S/C14H15N3O/c1-3-5-12(4-2)16-14(18)17-13-8-6-11(10-15)7-9-13/h2,6-9,12H,3,5H2,1H3,(H2,16,17,18). The summed E-state index contributed by atoms with van der Waals surface area (Å²) in [6.45, 7) is 2.00. The van der Waals surface area contributed by atoms with Crippen molar-refractivity contribution in [3.8, 4) is 18.4 Å². The molecule has 92 valence electrons. The summed E-state index contributed by atoms with van der Waals surface area (Å²) in [5, 5.41) is 14.0. The lowest BCUT2D eigenvalue weighted by Gasteiger charge is -2.12. The van der Waals surface area contributed by atoms with Gasteiger partial charge in [-0.3, -0.25) is 0 Å². The van der Waals surface area contributed by atoms with Gasteiger partial charge in [-0.1, -0.05) is 19.3 Å². The van der Waals surface area contributed by atoms with E-state index in [0.29, 0.717) is 11.3 Å². The third-order valence-corrected chi connectivity index (χ3v) is 2.36. The van der Waals surface area contributed by atoms with E-state index in [1.165, 1.54) is 0 Å². The van der Waals surface area contributed by atoms with Crippen LogP contribution in [0.1, 0.15) is 25.3 Å². The van der Waals surface area contributed by atoms with Gasteiger partial charge in [0.1, 0.15) is 0 Å². The Hall–Kier alpha value is -2.46. The molecule has 4 nitrogen and oxygen atoms in total. The predicted molar refractivity (Wildman–Crippen MR) is 70.8 cm³/mol. The van der Waals surface area contributed by atoms with Gasteiger partial charge in [-0.25, -0.2) is 4.79 Å². The molecule has 0 saturated heterocycles. The molecule has 0 spiro atoms. The van der Waals surface area contributed by atoms with Crippen molar-refractivity contribution < 1.29 is 4.79 Å². The minimum atomic E-state index is -0.337. The number of rotatable bonds is 4. The highest BCUT2D eigenvalue weighted by Gasteiger charge is 2.08. The highest BCUT2D eigenvalue weighted by atomic mass is 16.2. The van der Waals surface area contributed by atoms with E-state index >= 15 is 0 Å². The van der Waals surface area contributed by atoms with Crippen molar-refractivity contribution in [1.29, 1.82) is 5.26 Å². The van der Waals surface area contributed by atoms with Crippen LogP contribution in [0.2, 0.25) is 0 Å². The quantitative estimate of drug-likeness (QED) is 0.795. The number of nitrogens with one attached hydrogen (secondary N) is 2. The fraction of sp³-hybridized carbons (Fsp3) is 0.286. The summed E-state index contributed by atoms with van der Waals surface area (Å²) in [6.07, 6.45) is 6.97. The van der Waals surface area contributed by atoms with Crippen molar-refractivity contribution in [3.05, 3.63) is 29.8 Å². The highest BCUT2D eigenvalue weighted by molar-refractivity contribution is 5.89. The second-order valence-electron chi connectivity index (χ2n) is 3.80. The van der Waals surface area contributed by atoms with Crippen molar-refractivity contribution in [2.75, 3.05) is 5.32 Å². The molecule has 0 aliphatic rings. The van der Waals surface area contributed by atoms with Gasteiger partial charge in [0, 0.05) is 5.69 Å². The van der Waals surface area contributed by atoms with Gasteiger partial charge in [-0.15, -0.1) is 6.42 Å². The average Bonchev–Trinajstić information content (AvgIpc) is 2.39. The monoisotopic (exact) mass is 241 g/mol. The molecule has 2 amide bonds. The maximum Gasteiger partial charge on any atom is 0.320 e. The molecule has 1 aromatic carbocycles. The molecule has 1 rings (SSSR count). The third kappa shape index (κ3) is 4.19. The molecule has 0 aliphatic heterocycles. The van der Waals surface area contributed by atoms with Crippen LogP contribution < -0.4 is 10.6 Å². The number of nitrogens with zero attached hydrogens (tertiary/aromatic N) is 1. The SMILES string of the molecule is C#CC(CCC)NC(=O)Nc1ccc(C#N)cc1. The number of terminal acetylenes is 1. The molecule has 0 aliphatic carbocycles. The Bertz CT molecular complexity index is 479. The van der Waals surface area contributed by atoms with Crippen LogP contribution in [0.3, 0.4) is 0 Å². The Balaban J connectivity index is 2.54. The molecule has 0 aromatic heterocycles. The van der Waals surface area contributed by atoms with E-state index in [0.717, 1.165) is 12.8 Å². The number of anilines is 1. The van der Waals surface area contributed by atoms with Crippen LogP contribution in [-0.2, 0) is 0 Å². The maximum absolute atomic E-state index is 11.6. The first-order valence-corrected chi connectivity index (χ1v) is 5.73. The summed E-state index contributed by atoms with van der Waals surface area (Å²) in [4.78, 5) is 11.6. The Morgan fingerprint density at radius 3 is 2.61 bits per heavy atom. The summed E-state index contributed by atoms with van der Waals surface area (Å²) in [7, 11) is 0. The summed E-state index contributed by atoms with van der Waals surface area (Å²) >= 11 is 0. The van der Waals surface area contributed by atoms with E-state index in [2.05, 4.69) is 16.6 Å². The predicted octanol–water partition coefficient (Wildman–Crippen LogP) is 2.48. The first-order chi connectivity index (χ1) is 8.69. The van der Waals surface area contributed by atoms with E-state index in [1.807, 2.05) is 13.0 Å². The summed E-state index contributed by atoms with van der Waals surface area (Å²) in [5.41, 5.74) is 1.17. The van der Waals surface area contributed by atoms with E-state index in [9.17, 15) is 4.79 Å². The van der Waals surface area contributed by atoms with Crippen LogP contribution in [0.4, 0.5) is 10.5 Å². The number of benzene rings is 1. The number of urea groups is 1. The Morgan fingerprint density at radius 1 is 1.44 bits per heavy atom. The molecule has 1 aromatic rings. The van der Waals surface area contributed by atoms with Gasteiger partial charge in [-0.05, 0) is 30.7 Å². The first-order valence-electron chi connectivity index (χ1n) is 5.73. The van der Waals surface area contributed by atoms with E-state index in [4.69, 9.17) is 11.7 Å². The van der Waals surface area contributed by atoms with Gasteiger partial charge in [0.2, 0.25) is 0 Å². The number of nitriles is 1. The van der Waals surface area contributed by atoms with Crippen LogP contribution >= 0.6 is 0 Å². The minimum Gasteiger partial charge on any atom is -0.324 e. The molecule has 0 radical (unpaired) electrons. The van der Waals surface area contributed by atoms with E-state index in [-0.39, 0.29) is 12.1 Å². The first kappa shape index (κ1) is 13.6. The van der Waals surface area contributed by atoms with Crippen LogP contribution in [0.25, 0.3) is 0 Å². The molecular weight excluding hydrogens is 226 g/mol. The zero-order valence-electron chi connectivity index (χ0n) is 10.2. The average molecular weight is 241 g/mol. The third-order valence-electron chi connectivity index (χ3n) is 2.36.